The molecule has 0 bridgehead atoms. The van der Waals surface area contributed by atoms with Crippen molar-refractivity contribution in [3.63, 3.8) is 0 Å². The fourth-order valence-electron chi connectivity index (χ4n) is 3.06. The van der Waals surface area contributed by atoms with Gasteiger partial charge in [-0.25, -0.2) is 4.79 Å². The highest BCUT2D eigenvalue weighted by Crippen LogP contribution is 2.28. The zero-order valence-electron chi connectivity index (χ0n) is 18.7. The molecule has 0 aliphatic heterocycles. The Bertz CT molecular complexity index is 1240. The second-order valence-electron chi connectivity index (χ2n) is 7.49. The summed E-state index contributed by atoms with van der Waals surface area (Å²) in [6.45, 7) is 0.874. The Kier molecular flexibility index (Phi) is 7.52. The van der Waals surface area contributed by atoms with Gasteiger partial charge in [-0.3, -0.25) is 14.2 Å². The summed E-state index contributed by atoms with van der Waals surface area (Å²) in [6.07, 6.45) is 2.98. The molecule has 3 N–H and O–H groups in total. The minimum absolute atomic E-state index is 0.266. The molecule has 0 saturated heterocycles. The van der Waals surface area contributed by atoms with Crippen molar-refractivity contribution in [2.75, 3.05) is 39.7 Å². The summed E-state index contributed by atoms with van der Waals surface area (Å²) in [6, 6.07) is 10.0. The van der Waals surface area contributed by atoms with E-state index in [-0.39, 0.29) is 12.5 Å². The Hall–Kier alpha value is -4.05. The van der Waals surface area contributed by atoms with Crippen LogP contribution in [0.15, 0.2) is 51.7 Å². The number of amides is 2. The lowest BCUT2D eigenvalue weighted by atomic mass is 10.2. The van der Waals surface area contributed by atoms with Crippen molar-refractivity contribution in [1.82, 2.24) is 9.47 Å². The van der Waals surface area contributed by atoms with Crippen molar-refractivity contribution in [2.24, 2.45) is 5.73 Å². The van der Waals surface area contributed by atoms with Crippen LogP contribution in [0.2, 0.25) is 0 Å². The van der Waals surface area contributed by atoms with Gasteiger partial charge in [0.1, 0.15) is 0 Å². The molecule has 1 aromatic heterocycles. The summed E-state index contributed by atoms with van der Waals surface area (Å²) in [7, 11) is 5.31. The predicted molar refractivity (Wildman–Crippen MR) is 124 cm³/mol. The van der Waals surface area contributed by atoms with E-state index in [1.165, 1.54) is 17.8 Å². The topological polar surface area (TPSA) is 129 Å². The van der Waals surface area contributed by atoms with Gasteiger partial charge in [0.2, 0.25) is 5.91 Å². The highest BCUT2D eigenvalue weighted by Gasteiger charge is 2.11. The fraction of sp³-hybridized carbons (Fsp3) is 0.261. The summed E-state index contributed by atoms with van der Waals surface area (Å²) in [5.74, 6) is -0.618. The van der Waals surface area contributed by atoms with Crippen LogP contribution < -0.4 is 26.3 Å². The molecular weight excluding hydrogens is 428 g/mol. The van der Waals surface area contributed by atoms with Crippen LogP contribution in [0.25, 0.3) is 17.2 Å². The third kappa shape index (κ3) is 6.23. The fourth-order valence-corrected chi connectivity index (χ4v) is 3.06. The first kappa shape index (κ1) is 23.6. The number of aromatic nitrogens is 1. The number of benzene rings is 2. The number of oxazole rings is 1. The highest BCUT2D eigenvalue weighted by atomic mass is 16.5. The number of carbonyl (C=O) groups is 2. The minimum atomic E-state index is -0.596. The Morgan fingerprint density at radius 3 is 2.67 bits per heavy atom. The molecule has 0 unspecified atom stereocenters. The molecule has 2 aromatic carbocycles. The number of nitrogens with zero attached hydrogens (tertiary/aromatic N) is 2. The van der Waals surface area contributed by atoms with Crippen LogP contribution in [0, 0.1) is 0 Å². The van der Waals surface area contributed by atoms with Crippen LogP contribution in [0.4, 0.5) is 5.69 Å². The number of methoxy groups -OCH3 is 1. The quantitative estimate of drug-likeness (QED) is 0.446. The van der Waals surface area contributed by atoms with E-state index >= 15 is 0 Å². The lowest BCUT2D eigenvalue weighted by Gasteiger charge is -2.10. The van der Waals surface area contributed by atoms with Gasteiger partial charge in [0.05, 0.1) is 12.6 Å². The molecule has 0 saturated carbocycles. The molecule has 1 heterocycles. The van der Waals surface area contributed by atoms with Gasteiger partial charge in [0.15, 0.2) is 23.7 Å². The number of anilines is 1. The maximum Gasteiger partial charge on any atom is 0.419 e. The molecule has 2 amide bonds. The van der Waals surface area contributed by atoms with Gasteiger partial charge in [0, 0.05) is 24.9 Å². The van der Waals surface area contributed by atoms with Gasteiger partial charge in [-0.05, 0) is 56.1 Å². The maximum absolute atomic E-state index is 12.4. The number of carbonyl (C=O) groups excluding carboxylic acids is 2. The van der Waals surface area contributed by atoms with Crippen LogP contribution in [0.1, 0.15) is 5.56 Å². The smallest absolute Gasteiger partial charge is 0.419 e. The molecule has 0 atom stereocenters. The van der Waals surface area contributed by atoms with Gasteiger partial charge in [0.25, 0.3) is 5.91 Å². The van der Waals surface area contributed by atoms with Crippen LogP contribution >= 0.6 is 0 Å². The van der Waals surface area contributed by atoms with Crippen molar-refractivity contribution >= 4 is 34.7 Å². The largest absolute Gasteiger partial charge is 0.493 e. The Labute approximate surface area is 190 Å². The zero-order chi connectivity index (χ0) is 24.0. The number of rotatable bonds is 10. The van der Waals surface area contributed by atoms with E-state index in [2.05, 4.69) is 5.32 Å². The van der Waals surface area contributed by atoms with E-state index in [0.29, 0.717) is 46.9 Å². The maximum atomic E-state index is 12.4. The van der Waals surface area contributed by atoms with Crippen molar-refractivity contribution in [3.05, 3.63) is 58.6 Å². The number of nitrogens with one attached hydrogen (secondary N) is 1. The van der Waals surface area contributed by atoms with E-state index in [0.717, 1.165) is 0 Å². The number of nitrogens with two attached hydrogens (primary N) is 1. The van der Waals surface area contributed by atoms with Crippen LogP contribution in [0.5, 0.6) is 11.5 Å². The van der Waals surface area contributed by atoms with Crippen LogP contribution in [-0.4, -0.2) is 55.6 Å². The van der Waals surface area contributed by atoms with Crippen LogP contribution in [-0.2, 0) is 16.1 Å². The lowest BCUT2D eigenvalue weighted by molar-refractivity contribution is -0.120. The summed E-state index contributed by atoms with van der Waals surface area (Å²) >= 11 is 0. The Morgan fingerprint density at radius 2 is 1.97 bits per heavy atom. The van der Waals surface area contributed by atoms with Gasteiger partial charge >= 0.3 is 5.76 Å². The Balaban J connectivity index is 1.71. The first-order valence-corrected chi connectivity index (χ1v) is 10.1. The standard InChI is InChI=1S/C23H26N4O6/c1-26(2)10-11-27-17-13-16(6-8-18(17)33-23(27)30)25-22(29)9-5-15-4-7-19(20(12-15)31-3)32-14-21(24)28/h4-9,12-13H,10-11,14H2,1-3H3,(H2,24,28)(H,25,29)/b9-5+. The molecule has 10 nitrogen and oxygen atoms in total. The number of hydrogen-bond acceptors (Lipinski definition) is 7. The molecule has 10 heteroatoms. The number of fused-ring (bicyclic) bond motifs is 1. The molecule has 0 radical (unpaired) electrons. The van der Waals surface area contributed by atoms with E-state index < -0.39 is 11.7 Å². The monoisotopic (exact) mass is 454 g/mol. The average molecular weight is 454 g/mol. The molecule has 0 aliphatic carbocycles. The molecule has 174 valence electrons. The van der Waals surface area contributed by atoms with E-state index in [9.17, 15) is 14.4 Å². The minimum Gasteiger partial charge on any atom is -0.493 e. The SMILES string of the molecule is COc1cc(/C=C/C(=O)Nc2ccc3oc(=O)n(CCN(C)C)c3c2)ccc1OCC(N)=O. The van der Waals surface area contributed by atoms with Gasteiger partial charge in [-0.2, -0.15) is 0 Å². The molecule has 3 aromatic rings. The number of likely N-dealkylation sites (N-methyl/N-ethyl adjacent to an activating group) is 1. The van der Waals surface area contributed by atoms with Gasteiger partial charge < -0.3 is 29.8 Å². The number of hydrogen-bond donors (Lipinski definition) is 2. The first-order chi connectivity index (χ1) is 15.8. The molecule has 33 heavy (non-hydrogen) atoms. The summed E-state index contributed by atoms with van der Waals surface area (Å²) in [5.41, 5.74) is 7.38. The average Bonchev–Trinajstić information content (AvgIpc) is 3.09. The molecular formula is C23H26N4O6. The van der Waals surface area contributed by atoms with Crippen molar-refractivity contribution in [1.29, 1.82) is 0 Å². The van der Waals surface area contributed by atoms with Gasteiger partial charge in [-0.1, -0.05) is 6.07 Å². The second kappa shape index (κ2) is 10.5. The molecule has 0 spiro atoms. The second-order valence-corrected chi connectivity index (χ2v) is 7.49. The Morgan fingerprint density at radius 1 is 1.18 bits per heavy atom. The zero-order valence-corrected chi connectivity index (χ0v) is 18.7. The van der Waals surface area contributed by atoms with Crippen molar-refractivity contribution < 1.29 is 23.5 Å². The van der Waals surface area contributed by atoms with Gasteiger partial charge in [-0.15, -0.1) is 0 Å². The molecule has 0 aliphatic rings. The number of ether oxygens (including phenoxy) is 2. The van der Waals surface area contributed by atoms with Crippen LogP contribution in [0.3, 0.4) is 0 Å². The van der Waals surface area contributed by atoms with E-state index in [4.69, 9.17) is 19.6 Å². The molecule has 3 rings (SSSR count). The lowest BCUT2D eigenvalue weighted by Crippen LogP contribution is -2.23. The third-order valence-electron chi connectivity index (χ3n) is 4.69. The third-order valence-corrected chi connectivity index (χ3v) is 4.69. The van der Waals surface area contributed by atoms with E-state index in [1.54, 1.807) is 42.5 Å². The summed E-state index contributed by atoms with van der Waals surface area (Å²) in [4.78, 5) is 37.4. The van der Waals surface area contributed by atoms with Crippen molar-refractivity contribution in [3.8, 4) is 11.5 Å². The first-order valence-electron chi connectivity index (χ1n) is 10.1. The van der Waals surface area contributed by atoms with Crippen molar-refractivity contribution in [2.45, 2.75) is 6.54 Å². The summed E-state index contributed by atoms with van der Waals surface area (Å²) in [5, 5.41) is 2.78. The normalized spacial score (nSPS) is 11.3. The van der Waals surface area contributed by atoms with E-state index in [1.807, 2.05) is 19.0 Å². The summed E-state index contributed by atoms with van der Waals surface area (Å²) < 4.78 is 17.4. The highest BCUT2D eigenvalue weighted by molar-refractivity contribution is 6.02. The molecule has 0 fully saturated rings. The predicted octanol–water partition coefficient (Wildman–Crippen LogP) is 1.68. The number of primary amides is 1.